The minimum Gasteiger partial charge on any atom is -0.460 e. The Labute approximate surface area is 212 Å². The Morgan fingerprint density at radius 2 is 1.76 bits per heavy atom. The van der Waals surface area contributed by atoms with Gasteiger partial charge in [0.2, 0.25) is 5.91 Å². The summed E-state index contributed by atoms with van der Waals surface area (Å²) in [6.45, 7) is 3.81. The molecule has 1 aliphatic heterocycles. The number of hydrogen-bond acceptors (Lipinski definition) is 4. The SMILES string of the molecule is C=C(Cc1cc2cc(-c3ccc(C(=O)N4CCC(F)(F)CC4)cc3)cc(-c3cccnc3)c2o1)C(N)=O. The molecule has 2 aromatic heterocycles. The van der Waals surface area contributed by atoms with Crippen molar-refractivity contribution in [3.05, 3.63) is 90.5 Å². The molecule has 0 unspecified atom stereocenters. The first-order chi connectivity index (χ1) is 17.7. The molecule has 1 aliphatic rings. The molecule has 4 aromatic rings. The minimum atomic E-state index is -2.70. The number of likely N-dealkylation sites (tertiary alicyclic amines) is 1. The molecule has 6 nitrogen and oxygen atoms in total. The first kappa shape index (κ1) is 24.4. The van der Waals surface area contributed by atoms with Gasteiger partial charge in [-0.25, -0.2) is 8.78 Å². The van der Waals surface area contributed by atoms with E-state index in [2.05, 4.69) is 11.6 Å². The fourth-order valence-corrected chi connectivity index (χ4v) is 4.52. The van der Waals surface area contributed by atoms with Crippen molar-refractivity contribution in [1.29, 1.82) is 0 Å². The van der Waals surface area contributed by atoms with Gasteiger partial charge in [0.25, 0.3) is 11.8 Å². The van der Waals surface area contributed by atoms with Crippen molar-refractivity contribution in [2.75, 3.05) is 13.1 Å². The average Bonchev–Trinajstić information content (AvgIpc) is 3.30. The number of carbonyl (C=O) groups is 2. The number of aromatic nitrogens is 1. The van der Waals surface area contributed by atoms with Gasteiger partial charge in [-0.15, -0.1) is 0 Å². The van der Waals surface area contributed by atoms with Crippen LogP contribution in [-0.2, 0) is 11.2 Å². The predicted octanol–water partition coefficient (Wildman–Crippen LogP) is 5.62. The molecule has 2 N–H and O–H groups in total. The van der Waals surface area contributed by atoms with Crippen molar-refractivity contribution in [1.82, 2.24) is 9.88 Å². The van der Waals surface area contributed by atoms with Crippen LogP contribution in [0.2, 0.25) is 0 Å². The molecule has 188 valence electrons. The third kappa shape index (κ3) is 5.14. The number of nitrogens with zero attached hydrogens (tertiary/aromatic N) is 2. The fraction of sp³-hybridized carbons (Fsp3) is 0.207. The monoisotopic (exact) mass is 501 g/mol. The molecule has 5 rings (SSSR count). The zero-order valence-corrected chi connectivity index (χ0v) is 20.0. The average molecular weight is 502 g/mol. The molecule has 2 aromatic carbocycles. The van der Waals surface area contributed by atoms with Gasteiger partial charge in [0.15, 0.2) is 0 Å². The number of amides is 2. The van der Waals surface area contributed by atoms with Gasteiger partial charge >= 0.3 is 0 Å². The van der Waals surface area contributed by atoms with Crippen molar-refractivity contribution in [2.24, 2.45) is 5.73 Å². The molecule has 0 aliphatic carbocycles. The Bertz CT molecular complexity index is 1480. The van der Waals surface area contributed by atoms with Crippen molar-refractivity contribution < 1.29 is 22.8 Å². The minimum absolute atomic E-state index is 0.0454. The Hall–Kier alpha value is -4.33. The standard InChI is InChI=1S/C29H25F2N3O3/c1-18(27(32)35)13-24-15-23-14-22(16-25(26(23)37-24)21-3-2-10-33-17-21)19-4-6-20(7-5-19)28(36)34-11-8-29(30,31)9-12-34/h2-7,10,14-17H,1,8-9,11-13H2,(H2,32,35). The van der Waals surface area contributed by atoms with Gasteiger partial charge in [0.05, 0.1) is 0 Å². The van der Waals surface area contributed by atoms with Crippen molar-refractivity contribution >= 4 is 22.8 Å². The summed E-state index contributed by atoms with van der Waals surface area (Å²) in [7, 11) is 0. The number of halogens is 2. The van der Waals surface area contributed by atoms with Crippen LogP contribution < -0.4 is 5.73 Å². The number of nitrogens with two attached hydrogens (primary N) is 1. The van der Waals surface area contributed by atoms with Crippen LogP contribution in [0.3, 0.4) is 0 Å². The highest BCUT2D eigenvalue weighted by Crippen LogP contribution is 2.36. The summed E-state index contributed by atoms with van der Waals surface area (Å²) in [6.07, 6.45) is 3.01. The molecule has 0 saturated carbocycles. The summed E-state index contributed by atoms with van der Waals surface area (Å²) >= 11 is 0. The molecule has 37 heavy (non-hydrogen) atoms. The van der Waals surface area contributed by atoms with E-state index in [1.165, 1.54) is 4.90 Å². The number of furan rings is 1. The molecule has 1 fully saturated rings. The molecule has 8 heteroatoms. The fourth-order valence-electron chi connectivity index (χ4n) is 4.52. The largest absolute Gasteiger partial charge is 0.460 e. The highest BCUT2D eigenvalue weighted by atomic mass is 19.3. The summed E-state index contributed by atoms with van der Waals surface area (Å²) in [5, 5.41) is 0.832. The van der Waals surface area contributed by atoms with E-state index in [0.29, 0.717) is 16.9 Å². The number of hydrogen-bond donors (Lipinski definition) is 1. The topological polar surface area (TPSA) is 89.4 Å². The number of benzene rings is 2. The molecule has 0 bridgehead atoms. The maximum Gasteiger partial charge on any atom is 0.253 e. The van der Waals surface area contributed by atoms with Crippen LogP contribution >= 0.6 is 0 Å². The van der Waals surface area contributed by atoms with Crippen molar-refractivity contribution in [3.63, 3.8) is 0 Å². The van der Waals surface area contributed by atoms with Crippen molar-refractivity contribution in [2.45, 2.75) is 25.2 Å². The lowest BCUT2D eigenvalue weighted by Gasteiger charge is -2.31. The second kappa shape index (κ2) is 9.61. The van der Waals surface area contributed by atoms with Gasteiger partial charge in [-0.2, -0.15) is 0 Å². The van der Waals surface area contributed by atoms with Crippen LogP contribution in [0.1, 0.15) is 29.0 Å². The lowest BCUT2D eigenvalue weighted by Crippen LogP contribution is -2.42. The molecule has 0 radical (unpaired) electrons. The molecular weight excluding hydrogens is 476 g/mol. The number of piperidine rings is 1. The molecule has 3 heterocycles. The summed E-state index contributed by atoms with van der Waals surface area (Å²) in [5.74, 6) is -2.97. The predicted molar refractivity (Wildman–Crippen MR) is 137 cm³/mol. The van der Waals surface area contributed by atoms with E-state index in [1.54, 1.807) is 24.5 Å². The van der Waals surface area contributed by atoms with Gasteiger partial charge < -0.3 is 15.1 Å². The second-order valence-corrected chi connectivity index (χ2v) is 9.27. The number of carbonyl (C=O) groups excluding carboxylic acids is 2. The zero-order valence-electron chi connectivity index (χ0n) is 20.0. The quantitative estimate of drug-likeness (QED) is 0.348. The highest BCUT2D eigenvalue weighted by Gasteiger charge is 2.35. The Kier molecular flexibility index (Phi) is 6.33. The van der Waals surface area contributed by atoms with E-state index in [-0.39, 0.29) is 43.8 Å². The van der Waals surface area contributed by atoms with E-state index in [1.807, 2.05) is 42.5 Å². The van der Waals surface area contributed by atoms with Crippen LogP contribution in [-0.4, -0.2) is 40.7 Å². The number of pyridine rings is 1. The van der Waals surface area contributed by atoms with Crippen LogP contribution in [0, 0.1) is 0 Å². The van der Waals surface area contributed by atoms with Crippen LogP contribution in [0.4, 0.5) is 8.78 Å². The second-order valence-electron chi connectivity index (χ2n) is 9.27. The Morgan fingerprint density at radius 1 is 1.03 bits per heavy atom. The molecule has 0 atom stereocenters. The lowest BCUT2D eigenvalue weighted by molar-refractivity contribution is -0.114. The maximum atomic E-state index is 13.5. The number of rotatable bonds is 6. The van der Waals surface area contributed by atoms with Gasteiger partial charge in [-0.3, -0.25) is 14.6 Å². The molecular formula is C29H25F2N3O3. The number of primary amides is 1. The third-order valence-corrected chi connectivity index (χ3v) is 6.62. The van der Waals surface area contributed by atoms with Crippen LogP contribution in [0.5, 0.6) is 0 Å². The third-order valence-electron chi connectivity index (χ3n) is 6.62. The summed E-state index contributed by atoms with van der Waals surface area (Å²) in [6, 6.07) is 16.7. The van der Waals surface area contributed by atoms with E-state index < -0.39 is 11.8 Å². The summed E-state index contributed by atoms with van der Waals surface area (Å²) in [5.41, 5.74) is 10.2. The Balaban J connectivity index is 1.48. The first-order valence-corrected chi connectivity index (χ1v) is 11.9. The van der Waals surface area contributed by atoms with E-state index in [0.717, 1.165) is 27.6 Å². The van der Waals surface area contributed by atoms with Crippen molar-refractivity contribution in [3.8, 4) is 22.3 Å². The van der Waals surface area contributed by atoms with Gasteiger partial charge in [-0.05, 0) is 47.5 Å². The summed E-state index contributed by atoms with van der Waals surface area (Å²) in [4.78, 5) is 30.0. The molecule has 2 amide bonds. The number of fused-ring (bicyclic) bond motifs is 1. The molecule has 0 spiro atoms. The van der Waals surface area contributed by atoms with E-state index in [4.69, 9.17) is 10.2 Å². The van der Waals surface area contributed by atoms with Crippen LogP contribution in [0.15, 0.2) is 83.6 Å². The van der Waals surface area contributed by atoms with Crippen LogP contribution in [0.25, 0.3) is 33.2 Å². The highest BCUT2D eigenvalue weighted by molar-refractivity contribution is 5.98. The smallest absolute Gasteiger partial charge is 0.253 e. The summed E-state index contributed by atoms with van der Waals surface area (Å²) < 4.78 is 33.1. The van der Waals surface area contributed by atoms with Gasteiger partial charge in [0.1, 0.15) is 11.3 Å². The first-order valence-electron chi connectivity index (χ1n) is 11.9. The van der Waals surface area contributed by atoms with Gasteiger partial charge in [-0.1, -0.05) is 24.8 Å². The maximum absolute atomic E-state index is 13.5. The van der Waals surface area contributed by atoms with Gasteiger partial charge in [0, 0.05) is 72.4 Å². The van der Waals surface area contributed by atoms with E-state index >= 15 is 0 Å². The lowest BCUT2D eigenvalue weighted by atomic mass is 9.96. The normalized spacial score (nSPS) is 15.0. The Morgan fingerprint density at radius 3 is 2.41 bits per heavy atom. The van der Waals surface area contributed by atoms with E-state index in [9.17, 15) is 18.4 Å². The number of alkyl halides is 2. The molecule has 1 saturated heterocycles. The zero-order chi connectivity index (χ0) is 26.2.